The van der Waals surface area contributed by atoms with Gasteiger partial charge in [-0.1, -0.05) is 23.0 Å². The van der Waals surface area contributed by atoms with E-state index in [4.69, 9.17) is 9.26 Å². The molecule has 0 bridgehead atoms. The zero-order valence-electron chi connectivity index (χ0n) is 14.6. The van der Waals surface area contributed by atoms with Crippen LogP contribution in [-0.4, -0.2) is 57.3 Å². The molecular formula is C16H23N5O3S. The van der Waals surface area contributed by atoms with Crippen molar-refractivity contribution in [2.75, 3.05) is 26.8 Å². The number of amides is 1. The van der Waals surface area contributed by atoms with E-state index in [-0.39, 0.29) is 11.8 Å². The summed E-state index contributed by atoms with van der Waals surface area (Å²) >= 11 is 1.18. The third kappa shape index (κ3) is 4.21. The van der Waals surface area contributed by atoms with Crippen molar-refractivity contribution in [1.29, 1.82) is 0 Å². The summed E-state index contributed by atoms with van der Waals surface area (Å²) in [6.07, 6.45) is 4.21. The predicted molar refractivity (Wildman–Crippen MR) is 91.7 cm³/mol. The van der Waals surface area contributed by atoms with Crippen LogP contribution >= 0.6 is 11.5 Å². The van der Waals surface area contributed by atoms with Crippen LogP contribution in [0, 0.1) is 0 Å². The Hall–Kier alpha value is -1.87. The van der Waals surface area contributed by atoms with Gasteiger partial charge in [0.1, 0.15) is 4.88 Å². The maximum atomic E-state index is 12.9. The van der Waals surface area contributed by atoms with Crippen LogP contribution in [0.3, 0.4) is 0 Å². The zero-order valence-corrected chi connectivity index (χ0v) is 15.4. The van der Waals surface area contributed by atoms with E-state index in [1.54, 1.807) is 7.11 Å². The van der Waals surface area contributed by atoms with Gasteiger partial charge in [0.2, 0.25) is 5.89 Å². The molecule has 0 spiro atoms. The standard InChI is InChI=1S/C16H23N5O3S/c1-3-5-12-14(25-20-18-12)16(22)21-8-4-6-11(10-21)15-17-13(19-24-15)7-9-23-2/h11H,3-10H2,1-2H3/t11-/m0/s1. The largest absolute Gasteiger partial charge is 0.384 e. The van der Waals surface area contributed by atoms with Gasteiger partial charge in [-0.05, 0) is 30.8 Å². The Bertz CT molecular complexity index is 702. The van der Waals surface area contributed by atoms with Crippen molar-refractivity contribution >= 4 is 17.4 Å². The molecule has 2 aromatic rings. The summed E-state index contributed by atoms with van der Waals surface area (Å²) in [6.45, 7) is 3.96. The summed E-state index contributed by atoms with van der Waals surface area (Å²) in [5, 5.41) is 8.10. The second-order valence-corrected chi connectivity index (χ2v) is 6.93. The second-order valence-electron chi connectivity index (χ2n) is 6.18. The normalized spacial score (nSPS) is 17.8. The molecule has 3 rings (SSSR count). The summed E-state index contributed by atoms with van der Waals surface area (Å²) in [7, 11) is 1.65. The van der Waals surface area contributed by atoms with E-state index in [2.05, 4.69) is 26.7 Å². The molecule has 3 heterocycles. The van der Waals surface area contributed by atoms with Crippen molar-refractivity contribution in [3.05, 3.63) is 22.3 Å². The third-order valence-electron chi connectivity index (χ3n) is 4.31. The first-order valence-electron chi connectivity index (χ1n) is 8.64. The van der Waals surface area contributed by atoms with Gasteiger partial charge in [-0.2, -0.15) is 4.98 Å². The van der Waals surface area contributed by atoms with E-state index in [1.165, 1.54) is 11.5 Å². The van der Waals surface area contributed by atoms with Gasteiger partial charge < -0.3 is 14.2 Å². The quantitative estimate of drug-likeness (QED) is 0.741. The molecule has 136 valence electrons. The fourth-order valence-electron chi connectivity index (χ4n) is 3.01. The first-order valence-corrected chi connectivity index (χ1v) is 9.42. The van der Waals surface area contributed by atoms with Crippen molar-refractivity contribution in [3.8, 4) is 0 Å². The highest BCUT2D eigenvalue weighted by Crippen LogP contribution is 2.27. The molecule has 1 aliphatic heterocycles. The van der Waals surface area contributed by atoms with Crippen molar-refractivity contribution in [2.24, 2.45) is 0 Å². The minimum atomic E-state index is 0.0160. The summed E-state index contributed by atoms with van der Waals surface area (Å²) < 4.78 is 14.4. The smallest absolute Gasteiger partial charge is 0.267 e. The van der Waals surface area contributed by atoms with Gasteiger partial charge >= 0.3 is 0 Å². The minimum absolute atomic E-state index is 0.0160. The summed E-state index contributed by atoms with van der Waals surface area (Å²) in [6, 6.07) is 0. The molecule has 25 heavy (non-hydrogen) atoms. The molecule has 2 aromatic heterocycles. The van der Waals surface area contributed by atoms with Crippen molar-refractivity contribution in [2.45, 2.75) is 44.9 Å². The van der Waals surface area contributed by atoms with E-state index in [1.807, 2.05) is 4.90 Å². The van der Waals surface area contributed by atoms with Crippen molar-refractivity contribution < 1.29 is 14.1 Å². The van der Waals surface area contributed by atoms with Crippen LogP contribution in [0.25, 0.3) is 0 Å². The van der Waals surface area contributed by atoms with Crippen molar-refractivity contribution in [1.82, 2.24) is 24.6 Å². The van der Waals surface area contributed by atoms with E-state index in [0.717, 1.165) is 37.9 Å². The highest BCUT2D eigenvalue weighted by molar-refractivity contribution is 7.08. The molecule has 0 saturated carbocycles. The molecule has 0 N–H and O–H groups in total. The van der Waals surface area contributed by atoms with Crippen LogP contribution in [0.4, 0.5) is 0 Å². The number of aromatic nitrogens is 4. The lowest BCUT2D eigenvalue weighted by Crippen LogP contribution is -2.39. The Morgan fingerprint density at radius 3 is 3.12 bits per heavy atom. The lowest BCUT2D eigenvalue weighted by molar-refractivity contribution is 0.0699. The van der Waals surface area contributed by atoms with E-state index in [0.29, 0.717) is 36.2 Å². The molecule has 1 saturated heterocycles. The summed E-state index contributed by atoms with van der Waals surface area (Å²) in [5.74, 6) is 1.36. The van der Waals surface area contributed by atoms with E-state index < -0.39 is 0 Å². The summed E-state index contributed by atoms with van der Waals surface area (Å²) in [5.41, 5.74) is 0.805. The van der Waals surface area contributed by atoms with Crippen LogP contribution in [0.1, 0.15) is 59.2 Å². The Kier molecular flexibility index (Phi) is 6.09. The van der Waals surface area contributed by atoms with Gasteiger partial charge in [-0.3, -0.25) is 4.79 Å². The van der Waals surface area contributed by atoms with Crippen LogP contribution in [0.2, 0.25) is 0 Å². The number of piperidine rings is 1. The average molecular weight is 365 g/mol. The van der Waals surface area contributed by atoms with Gasteiger partial charge in [-0.25, -0.2) is 0 Å². The molecule has 1 fully saturated rings. The lowest BCUT2D eigenvalue weighted by atomic mass is 9.97. The molecule has 1 amide bonds. The first-order chi connectivity index (χ1) is 12.2. The number of rotatable bonds is 7. The fraction of sp³-hybridized carbons (Fsp3) is 0.688. The maximum absolute atomic E-state index is 12.9. The predicted octanol–water partition coefficient (Wildman–Crippen LogP) is 2.08. The molecule has 1 aliphatic rings. The highest BCUT2D eigenvalue weighted by Gasteiger charge is 2.30. The molecule has 0 unspecified atom stereocenters. The van der Waals surface area contributed by atoms with Gasteiger partial charge in [0.05, 0.1) is 18.2 Å². The van der Waals surface area contributed by atoms with Crippen LogP contribution in [0.15, 0.2) is 4.52 Å². The Labute approximate surface area is 150 Å². The third-order valence-corrected chi connectivity index (χ3v) is 5.06. The number of likely N-dealkylation sites (tertiary alicyclic amines) is 1. The highest BCUT2D eigenvalue weighted by atomic mass is 32.1. The lowest BCUT2D eigenvalue weighted by Gasteiger charge is -2.30. The molecule has 0 aliphatic carbocycles. The Morgan fingerprint density at radius 1 is 1.44 bits per heavy atom. The summed E-state index contributed by atoms with van der Waals surface area (Å²) in [4.78, 5) is 19.8. The van der Waals surface area contributed by atoms with E-state index in [9.17, 15) is 4.79 Å². The number of carbonyl (C=O) groups is 1. The SMILES string of the molecule is CCCc1nnsc1C(=O)N1CCC[C@H](c2nc(CCOC)no2)C1. The number of carbonyl (C=O) groups excluding carboxylic acids is 1. The monoisotopic (exact) mass is 365 g/mol. The number of methoxy groups -OCH3 is 1. The van der Waals surface area contributed by atoms with Crippen molar-refractivity contribution in [3.63, 3.8) is 0 Å². The first kappa shape index (κ1) is 17.9. The van der Waals surface area contributed by atoms with Gasteiger partial charge in [0.15, 0.2) is 5.82 Å². The van der Waals surface area contributed by atoms with Gasteiger partial charge in [0.25, 0.3) is 5.91 Å². The number of hydrogen-bond acceptors (Lipinski definition) is 8. The van der Waals surface area contributed by atoms with Crippen LogP contribution in [-0.2, 0) is 17.6 Å². The molecule has 0 radical (unpaired) electrons. The minimum Gasteiger partial charge on any atom is -0.384 e. The molecular weight excluding hydrogens is 342 g/mol. The number of hydrogen-bond donors (Lipinski definition) is 0. The molecule has 0 aromatic carbocycles. The fourth-order valence-corrected chi connectivity index (χ4v) is 3.68. The maximum Gasteiger partial charge on any atom is 0.267 e. The Balaban J connectivity index is 1.67. The average Bonchev–Trinajstić information content (AvgIpc) is 3.29. The number of ether oxygens (including phenoxy) is 1. The number of aryl methyl sites for hydroxylation is 1. The van der Waals surface area contributed by atoms with Gasteiger partial charge in [-0.15, -0.1) is 5.10 Å². The van der Waals surface area contributed by atoms with Crippen LogP contribution < -0.4 is 0 Å². The molecule has 9 heteroatoms. The van der Waals surface area contributed by atoms with E-state index >= 15 is 0 Å². The number of nitrogens with zero attached hydrogens (tertiary/aromatic N) is 5. The van der Waals surface area contributed by atoms with Crippen LogP contribution in [0.5, 0.6) is 0 Å². The topological polar surface area (TPSA) is 94.2 Å². The Morgan fingerprint density at radius 2 is 2.32 bits per heavy atom. The van der Waals surface area contributed by atoms with Gasteiger partial charge in [0, 0.05) is 26.6 Å². The molecule has 8 nitrogen and oxygen atoms in total. The molecule has 1 atom stereocenters. The zero-order chi connectivity index (χ0) is 17.6. The second kappa shape index (κ2) is 8.48.